The van der Waals surface area contributed by atoms with E-state index in [1.165, 1.54) is 4.90 Å². The standard InChI is InChI=1S/C24H27NO4S/c1-16(19(4)30(28)21-13-9-6-10-14-21)15-17(2)23(26)25-18(3)22(29-24(25)27)20-11-7-5-8-12-20/h5-15,17-19,22H,1-4H3/b16-15+/t17-,18-,19+,22-,30?/m1/s1. The van der Waals surface area contributed by atoms with Gasteiger partial charge in [0.25, 0.3) is 0 Å². The molecule has 5 atom stereocenters. The van der Waals surface area contributed by atoms with E-state index < -0.39 is 35.0 Å². The van der Waals surface area contributed by atoms with E-state index in [9.17, 15) is 13.8 Å². The van der Waals surface area contributed by atoms with E-state index in [0.29, 0.717) is 0 Å². The van der Waals surface area contributed by atoms with E-state index in [1.807, 2.05) is 81.4 Å². The van der Waals surface area contributed by atoms with Crippen LogP contribution in [0.1, 0.15) is 39.4 Å². The number of ether oxygens (including phenoxy) is 1. The molecule has 0 aliphatic carbocycles. The Bertz CT molecular complexity index is 958. The van der Waals surface area contributed by atoms with Gasteiger partial charge in [-0.2, -0.15) is 0 Å². The van der Waals surface area contributed by atoms with Gasteiger partial charge < -0.3 is 4.74 Å². The lowest BCUT2D eigenvalue weighted by Crippen LogP contribution is -2.40. The first-order chi connectivity index (χ1) is 14.3. The minimum absolute atomic E-state index is 0.248. The predicted molar refractivity (Wildman–Crippen MR) is 117 cm³/mol. The largest absolute Gasteiger partial charge is 0.439 e. The number of carbonyl (C=O) groups is 2. The number of carbonyl (C=O) groups excluding carboxylic acids is 2. The molecular formula is C24H27NO4S. The van der Waals surface area contributed by atoms with Gasteiger partial charge in [0, 0.05) is 4.90 Å². The topological polar surface area (TPSA) is 63.7 Å². The van der Waals surface area contributed by atoms with Crippen LogP contribution in [0.3, 0.4) is 0 Å². The van der Waals surface area contributed by atoms with Crippen LogP contribution in [0.5, 0.6) is 0 Å². The molecule has 0 aromatic heterocycles. The molecule has 0 radical (unpaired) electrons. The molecule has 0 bridgehead atoms. The summed E-state index contributed by atoms with van der Waals surface area (Å²) < 4.78 is 18.3. The Morgan fingerprint density at radius 2 is 1.63 bits per heavy atom. The minimum Gasteiger partial charge on any atom is -0.439 e. The van der Waals surface area contributed by atoms with Crippen molar-refractivity contribution in [1.29, 1.82) is 0 Å². The SMILES string of the molecule is C/C(=C\[C@@H](C)C(=O)N1C(=O)O[C@@H](c2ccccc2)[C@H]1C)[C@H](C)S(=O)c1ccccc1. The maximum Gasteiger partial charge on any atom is 0.417 e. The highest BCUT2D eigenvalue weighted by Gasteiger charge is 2.44. The second-order valence-corrected chi connectivity index (χ2v) is 9.39. The van der Waals surface area contributed by atoms with Crippen molar-refractivity contribution in [2.75, 3.05) is 0 Å². The molecule has 1 unspecified atom stereocenters. The van der Waals surface area contributed by atoms with Crippen molar-refractivity contribution in [3.63, 3.8) is 0 Å². The van der Waals surface area contributed by atoms with Crippen molar-refractivity contribution in [2.45, 2.75) is 50.0 Å². The van der Waals surface area contributed by atoms with Crippen LogP contribution in [0, 0.1) is 5.92 Å². The molecule has 0 spiro atoms. The fourth-order valence-corrected chi connectivity index (χ4v) is 4.84. The molecular weight excluding hydrogens is 398 g/mol. The van der Waals surface area contributed by atoms with E-state index in [2.05, 4.69) is 0 Å². The fraction of sp³-hybridized carbons (Fsp3) is 0.333. The van der Waals surface area contributed by atoms with Crippen LogP contribution in [0.4, 0.5) is 4.79 Å². The molecule has 5 nitrogen and oxygen atoms in total. The lowest BCUT2D eigenvalue weighted by atomic mass is 10.0. The molecule has 0 saturated carbocycles. The molecule has 6 heteroatoms. The maximum absolute atomic E-state index is 13.0. The monoisotopic (exact) mass is 425 g/mol. The molecule has 2 aromatic rings. The van der Waals surface area contributed by atoms with Crippen molar-refractivity contribution in [2.24, 2.45) is 5.92 Å². The van der Waals surface area contributed by atoms with E-state index >= 15 is 0 Å². The first-order valence-corrected chi connectivity index (χ1v) is 11.2. The molecule has 3 rings (SSSR count). The Hall–Kier alpha value is -2.73. The van der Waals surface area contributed by atoms with Gasteiger partial charge in [0.1, 0.15) is 6.10 Å². The van der Waals surface area contributed by atoms with Gasteiger partial charge in [-0.25, -0.2) is 9.69 Å². The zero-order valence-electron chi connectivity index (χ0n) is 17.6. The smallest absolute Gasteiger partial charge is 0.417 e. The highest BCUT2D eigenvalue weighted by molar-refractivity contribution is 7.85. The number of imide groups is 1. The van der Waals surface area contributed by atoms with Gasteiger partial charge in [0.2, 0.25) is 5.91 Å². The molecule has 0 N–H and O–H groups in total. The molecule has 1 aliphatic heterocycles. The highest BCUT2D eigenvalue weighted by atomic mass is 32.2. The molecule has 1 fully saturated rings. The Morgan fingerprint density at radius 3 is 2.23 bits per heavy atom. The number of benzene rings is 2. The van der Waals surface area contributed by atoms with E-state index in [1.54, 1.807) is 13.0 Å². The third-order valence-corrected chi connectivity index (χ3v) is 7.23. The van der Waals surface area contributed by atoms with Crippen molar-refractivity contribution in [3.8, 4) is 0 Å². The van der Waals surface area contributed by atoms with Gasteiger partial charge in [-0.1, -0.05) is 67.1 Å². The molecule has 2 aromatic carbocycles. The third kappa shape index (κ3) is 4.54. The molecule has 2 amide bonds. The number of nitrogens with zero attached hydrogens (tertiary/aromatic N) is 1. The fourth-order valence-electron chi connectivity index (χ4n) is 3.59. The van der Waals surface area contributed by atoms with E-state index in [0.717, 1.165) is 16.0 Å². The average Bonchev–Trinajstić information content (AvgIpc) is 3.07. The summed E-state index contributed by atoms with van der Waals surface area (Å²) >= 11 is 0. The summed E-state index contributed by atoms with van der Waals surface area (Å²) in [5, 5.41) is -0.248. The number of amides is 2. The molecule has 30 heavy (non-hydrogen) atoms. The van der Waals surface area contributed by atoms with Crippen molar-refractivity contribution in [3.05, 3.63) is 77.9 Å². The average molecular weight is 426 g/mol. The van der Waals surface area contributed by atoms with E-state index in [4.69, 9.17) is 4.74 Å². The lowest BCUT2D eigenvalue weighted by molar-refractivity contribution is -0.131. The Morgan fingerprint density at radius 1 is 1.07 bits per heavy atom. The summed E-state index contributed by atoms with van der Waals surface area (Å²) in [6.45, 7) is 7.31. The van der Waals surface area contributed by atoms with Gasteiger partial charge in [-0.3, -0.25) is 9.00 Å². The van der Waals surface area contributed by atoms with Crippen LogP contribution in [-0.4, -0.2) is 32.4 Å². The van der Waals surface area contributed by atoms with Gasteiger partial charge in [0.05, 0.1) is 28.0 Å². The van der Waals surface area contributed by atoms with Crippen LogP contribution in [-0.2, 0) is 20.3 Å². The maximum atomic E-state index is 13.0. The zero-order chi connectivity index (χ0) is 21.8. The normalized spacial score (nSPS) is 22.3. The summed E-state index contributed by atoms with van der Waals surface area (Å²) in [7, 11) is -1.22. The van der Waals surface area contributed by atoms with Crippen LogP contribution in [0.15, 0.2) is 77.2 Å². The summed E-state index contributed by atoms with van der Waals surface area (Å²) in [6.07, 6.45) is 0.688. The van der Waals surface area contributed by atoms with Gasteiger partial charge >= 0.3 is 6.09 Å². The van der Waals surface area contributed by atoms with Crippen molar-refractivity contribution < 1.29 is 18.5 Å². The first-order valence-electron chi connectivity index (χ1n) is 10.0. The quantitative estimate of drug-likeness (QED) is 0.619. The molecule has 1 saturated heterocycles. The molecule has 1 heterocycles. The molecule has 1 aliphatic rings. The Kier molecular flexibility index (Phi) is 6.87. The summed E-state index contributed by atoms with van der Waals surface area (Å²) in [5.41, 5.74) is 1.71. The molecule has 158 valence electrons. The number of rotatable bonds is 6. The van der Waals surface area contributed by atoms with Crippen LogP contribution < -0.4 is 0 Å². The third-order valence-electron chi connectivity index (χ3n) is 5.48. The van der Waals surface area contributed by atoms with Gasteiger partial charge in [0.15, 0.2) is 0 Å². The minimum atomic E-state index is -1.22. The second kappa shape index (κ2) is 9.39. The Labute approximate surface area is 180 Å². The lowest BCUT2D eigenvalue weighted by Gasteiger charge is -2.22. The highest BCUT2D eigenvalue weighted by Crippen LogP contribution is 2.33. The van der Waals surface area contributed by atoms with Crippen molar-refractivity contribution in [1.82, 2.24) is 4.90 Å². The van der Waals surface area contributed by atoms with Gasteiger partial charge in [-0.15, -0.1) is 0 Å². The summed E-state index contributed by atoms with van der Waals surface area (Å²) in [5.74, 6) is -0.854. The van der Waals surface area contributed by atoms with Crippen LogP contribution in [0.2, 0.25) is 0 Å². The Balaban J connectivity index is 1.73. The zero-order valence-corrected chi connectivity index (χ0v) is 18.5. The van der Waals surface area contributed by atoms with Crippen LogP contribution in [0.25, 0.3) is 0 Å². The number of hydrogen-bond acceptors (Lipinski definition) is 4. The number of hydrogen-bond donors (Lipinski definition) is 0. The predicted octanol–water partition coefficient (Wildman–Crippen LogP) is 4.87. The second-order valence-electron chi connectivity index (χ2n) is 7.62. The number of cyclic esters (lactones) is 1. The van der Waals surface area contributed by atoms with Crippen molar-refractivity contribution >= 4 is 22.8 Å². The first kappa shape index (κ1) is 22.0. The van der Waals surface area contributed by atoms with Gasteiger partial charge in [-0.05, 0) is 38.5 Å². The van der Waals surface area contributed by atoms with E-state index in [-0.39, 0.29) is 11.2 Å². The van der Waals surface area contributed by atoms with Crippen LogP contribution >= 0.6 is 0 Å². The summed E-state index contributed by atoms with van der Waals surface area (Å²) in [6, 6.07) is 18.3. The summed E-state index contributed by atoms with van der Waals surface area (Å²) in [4.78, 5) is 27.4.